The minimum Gasteiger partial charge on any atom is -0.330 e. The fourth-order valence-corrected chi connectivity index (χ4v) is 0.293. The molecule has 0 aromatic rings. The standard InChI is InChI=1S/C5H14N2/c6-4-2-1-3-5-7/h1-7H2/i4D2,5D2. The van der Waals surface area contributed by atoms with Crippen molar-refractivity contribution in [1.29, 1.82) is 0 Å². The molecule has 0 unspecified atom stereocenters. The Hall–Kier alpha value is -0.0800. The molecular weight excluding hydrogens is 88.1 g/mol. The molecule has 0 atom stereocenters. The van der Waals surface area contributed by atoms with Crippen LogP contribution in [-0.2, 0) is 0 Å². The summed E-state index contributed by atoms with van der Waals surface area (Å²) >= 11 is 0. The normalized spacial score (nSPS) is 22.0. The van der Waals surface area contributed by atoms with Crippen LogP contribution in [0.5, 0.6) is 0 Å². The van der Waals surface area contributed by atoms with Crippen molar-refractivity contribution in [2.24, 2.45) is 11.5 Å². The van der Waals surface area contributed by atoms with E-state index in [1.165, 1.54) is 0 Å². The highest BCUT2D eigenvalue weighted by Crippen LogP contribution is 1.88. The van der Waals surface area contributed by atoms with Gasteiger partial charge in [-0.05, 0) is 25.8 Å². The van der Waals surface area contributed by atoms with Gasteiger partial charge >= 0.3 is 0 Å². The van der Waals surface area contributed by atoms with E-state index in [0.29, 0.717) is 6.42 Å². The van der Waals surface area contributed by atoms with Crippen molar-refractivity contribution in [1.82, 2.24) is 0 Å². The first-order chi connectivity index (χ1) is 4.71. The highest BCUT2D eigenvalue weighted by molar-refractivity contribution is 4.41. The van der Waals surface area contributed by atoms with E-state index < -0.39 is 13.0 Å². The molecule has 0 saturated heterocycles. The lowest BCUT2D eigenvalue weighted by molar-refractivity contribution is 0.695. The topological polar surface area (TPSA) is 52.0 Å². The minimum atomic E-state index is -1.70. The van der Waals surface area contributed by atoms with Crippen LogP contribution in [0.1, 0.15) is 24.7 Å². The Balaban J connectivity index is 3.44. The summed E-state index contributed by atoms with van der Waals surface area (Å²) in [6, 6.07) is 0. The average molecular weight is 106 g/mol. The van der Waals surface area contributed by atoms with Crippen molar-refractivity contribution in [2.45, 2.75) is 19.3 Å². The van der Waals surface area contributed by atoms with Crippen molar-refractivity contribution in [2.75, 3.05) is 13.0 Å². The summed E-state index contributed by atoms with van der Waals surface area (Å²) in [5, 5.41) is 0. The quantitative estimate of drug-likeness (QED) is 0.533. The largest absolute Gasteiger partial charge is 0.330 e. The van der Waals surface area contributed by atoms with E-state index in [-0.39, 0.29) is 12.8 Å². The molecule has 0 aromatic carbocycles. The first kappa shape index (κ1) is 2.46. The second-order valence-electron chi connectivity index (χ2n) is 1.26. The van der Waals surface area contributed by atoms with E-state index in [1.807, 2.05) is 0 Å². The lowest BCUT2D eigenvalue weighted by atomic mass is 10.2. The molecule has 0 rings (SSSR count). The number of nitrogens with two attached hydrogens (primary N) is 2. The molecule has 0 aliphatic heterocycles. The Bertz CT molecular complexity index is 101. The van der Waals surface area contributed by atoms with Crippen LogP contribution in [0, 0.1) is 0 Å². The molecule has 0 amide bonds. The lowest BCUT2D eigenvalue weighted by Gasteiger charge is -1.91. The van der Waals surface area contributed by atoms with Crippen LogP contribution in [0.15, 0.2) is 0 Å². The molecule has 0 fully saturated rings. The Labute approximate surface area is 50.5 Å². The molecule has 4 N–H and O–H groups in total. The van der Waals surface area contributed by atoms with Gasteiger partial charge in [-0.3, -0.25) is 0 Å². The monoisotopic (exact) mass is 106 g/mol. The zero-order chi connectivity index (χ0) is 9.12. The van der Waals surface area contributed by atoms with Crippen LogP contribution in [0.2, 0.25) is 0 Å². The van der Waals surface area contributed by atoms with Gasteiger partial charge in [0.1, 0.15) is 0 Å². The van der Waals surface area contributed by atoms with Crippen molar-refractivity contribution in [3.63, 3.8) is 0 Å². The maximum atomic E-state index is 6.92. The van der Waals surface area contributed by atoms with E-state index in [0.717, 1.165) is 0 Å². The zero-order valence-corrected chi connectivity index (χ0v) is 4.28. The van der Waals surface area contributed by atoms with Gasteiger partial charge in [0.05, 0.1) is 0 Å². The molecule has 0 spiro atoms. The van der Waals surface area contributed by atoms with Crippen LogP contribution in [0.25, 0.3) is 0 Å². The van der Waals surface area contributed by atoms with Gasteiger partial charge in [-0.15, -0.1) is 0 Å². The first-order valence-corrected chi connectivity index (χ1v) is 2.28. The summed E-state index contributed by atoms with van der Waals surface area (Å²) in [6.07, 6.45) is 0.653. The van der Waals surface area contributed by atoms with Gasteiger partial charge in [0.25, 0.3) is 0 Å². The molecule has 0 aliphatic carbocycles. The molecule has 0 saturated carbocycles. The van der Waals surface area contributed by atoms with Gasteiger partial charge in [-0.25, -0.2) is 0 Å². The Morgan fingerprint density at radius 2 is 1.43 bits per heavy atom. The number of hydrogen-bond donors (Lipinski definition) is 2. The molecule has 0 aliphatic rings. The lowest BCUT2D eigenvalue weighted by Crippen LogP contribution is -2.02. The third-order valence-electron chi connectivity index (χ3n) is 0.642. The van der Waals surface area contributed by atoms with E-state index in [2.05, 4.69) is 0 Å². The predicted octanol–water partition coefficient (Wildman–Crippen LogP) is 0.0741. The molecule has 2 nitrogen and oxygen atoms in total. The molecule has 7 heavy (non-hydrogen) atoms. The van der Waals surface area contributed by atoms with Gasteiger partial charge in [-0.2, -0.15) is 0 Å². The van der Waals surface area contributed by atoms with Crippen molar-refractivity contribution >= 4 is 0 Å². The summed E-state index contributed by atoms with van der Waals surface area (Å²) in [7, 11) is 0. The Morgan fingerprint density at radius 1 is 1.00 bits per heavy atom. The second kappa shape index (κ2) is 5.92. The van der Waals surface area contributed by atoms with Gasteiger partial charge in [0.2, 0.25) is 0 Å². The third-order valence-corrected chi connectivity index (χ3v) is 0.642. The van der Waals surface area contributed by atoms with E-state index in [9.17, 15) is 0 Å². The van der Waals surface area contributed by atoms with Gasteiger partial charge in [-0.1, -0.05) is 6.42 Å². The van der Waals surface area contributed by atoms with Crippen LogP contribution in [0.4, 0.5) is 0 Å². The fraction of sp³-hybridized carbons (Fsp3) is 1.00. The molecule has 0 radical (unpaired) electrons. The molecule has 0 heterocycles. The van der Waals surface area contributed by atoms with Gasteiger partial charge < -0.3 is 11.5 Å². The van der Waals surface area contributed by atoms with Crippen molar-refractivity contribution < 1.29 is 5.48 Å². The highest BCUT2D eigenvalue weighted by atomic mass is 14.5. The van der Waals surface area contributed by atoms with Gasteiger partial charge in [0, 0.05) is 5.48 Å². The summed E-state index contributed by atoms with van der Waals surface area (Å²) in [6.45, 7) is -3.41. The third kappa shape index (κ3) is 5.92. The Kier molecular flexibility index (Phi) is 2.08. The van der Waals surface area contributed by atoms with Crippen molar-refractivity contribution in [3.8, 4) is 0 Å². The maximum absolute atomic E-state index is 6.92. The van der Waals surface area contributed by atoms with E-state index >= 15 is 0 Å². The molecular formula is C5H14N2. The zero-order valence-electron chi connectivity index (χ0n) is 8.28. The average Bonchev–Trinajstić information content (AvgIpc) is 1.55. The second-order valence-corrected chi connectivity index (χ2v) is 1.26. The van der Waals surface area contributed by atoms with Gasteiger partial charge in [0.15, 0.2) is 0 Å². The highest BCUT2D eigenvalue weighted by Gasteiger charge is 1.80. The summed E-state index contributed by atoms with van der Waals surface area (Å²) in [5.41, 5.74) is 10.1. The summed E-state index contributed by atoms with van der Waals surface area (Å²) in [5.74, 6) is 0. The Morgan fingerprint density at radius 3 is 1.71 bits per heavy atom. The summed E-state index contributed by atoms with van der Waals surface area (Å²) in [4.78, 5) is 0. The SMILES string of the molecule is [2H]C([2H])(N)CCCC([2H])([2H])N. The van der Waals surface area contributed by atoms with Crippen LogP contribution < -0.4 is 11.5 Å². The number of hydrogen-bond acceptors (Lipinski definition) is 2. The first-order valence-electron chi connectivity index (χ1n) is 4.28. The van der Waals surface area contributed by atoms with Crippen LogP contribution >= 0.6 is 0 Å². The van der Waals surface area contributed by atoms with Crippen LogP contribution in [-0.4, -0.2) is 13.0 Å². The smallest absolute Gasteiger partial charge is 0.0425 e. The minimum absolute atomic E-state index is 0.143. The molecule has 0 bridgehead atoms. The maximum Gasteiger partial charge on any atom is 0.0425 e. The van der Waals surface area contributed by atoms with Crippen LogP contribution in [0.3, 0.4) is 0 Å². The molecule has 2 heteroatoms. The predicted molar refractivity (Wildman–Crippen MR) is 32.0 cm³/mol. The molecule has 0 aromatic heterocycles. The molecule has 44 valence electrons. The van der Waals surface area contributed by atoms with Crippen molar-refractivity contribution in [3.05, 3.63) is 0 Å². The van der Waals surface area contributed by atoms with E-state index in [1.54, 1.807) is 0 Å². The summed E-state index contributed by atoms with van der Waals surface area (Å²) < 4.78 is 27.7. The fourth-order valence-electron chi connectivity index (χ4n) is 0.293. The number of rotatable bonds is 4. The van der Waals surface area contributed by atoms with E-state index in [4.69, 9.17) is 17.0 Å².